The van der Waals surface area contributed by atoms with E-state index in [0.717, 1.165) is 5.56 Å². The molecule has 1 rings (SSSR count). The molecular weight excluding hydrogens is 281 g/mol. The second-order valence-electron chi connectivity index (χ2n) is 2.73. The Labute approximate surface area is 101 Å². The topological polar surface area (TPSA) is 57.8 Å². The fourth-order valence-electron chi connectivity index (χ4n) is 1.01. The van der Waals surface area contributed by atoms with Crippen LogP contribution in [-0.2, 0) is 6.42 Å². The van der Waals surface area contributed by atoms with E-state index in [0.29, 0.717) is 21.9 Å². The second-order valence-corrected chi connectivity index (χ2v) is 3.87. The van der Waals surface area contributed by atoms with Crippen LogP contribution in [0.4, 0.5) is 0 Å². The average molecular weight is 291 g/mol. The third-order valence-corrected chi connectivity index (χ3v) is 2.60. The number of rotatable bonds is 3. The Hall–Kier alpha value is -0.940. The van der Waals surface area contributed by atoms with E-state index in [1.54, 1.807) is 19.3 Å². The summed E-state index contributed by atoms with van der Waals surface area (Å²) in [5.41, 5.74) is 1.59. The lowest BCUT2D eigenvalue weighted by molar-refractivity contribution is 0.322. The van der Waals surface area contributed by atoms with Crippen molar-refractivity contribution in [2.75, 3.05) is 7.05 Å². The maximum atomic E-state index is 8.58. The zero-order valence-electron chi connectivity index (χ0n) is 7.98. The molecule has 0 aliphatic carbocycles. The highest BCUT2D eigenvalue weighted by atomic mass is 79.9. The van der Waals surface area contributed by atoms with Gasteiger partial charge < -0.3 is 5.21 Å². The smallest absolute Gasteiger partial charge is 0.166 e. The molecule has 0 saturated carbocycles. The lowest BCUT2D eigenvalue weighted by Crippen LogP contribution is -2.11. The van der Waals surface area contributed by atoms with Gasteiger partial charge in [0.05, 0.1) is 5.71 Å². The molecule has 0 atom stereocenters. The summed E-state index contributed by atoms with van der Waals surface area (Å²) in [6.45, 7) is 0. The lowest BCUT2D eigenvalue weighted by atomic mass is 10.1. The van der Waals surface area contributed by atoms with Crippen LogP contribution in [0.5, 0.6) is 0 Å². The van der Waals surface area contributed by atoms with Crippen LogP contribution in [0.3, 0.4) is 0 Å². The molecule has 0 bridgehead atoms. The first-order valence-corrected chi connectivity index (χ1v) is 5.28. The first kappa shape index (κ1) is 12.1. The fourth-order valence-corrected chi connectivity index (χ4v) is 1.44. The fraction of sp³-hybridized carbons (Fsp3) is 0.222. The van der Waals surface area contributed by atoms with Crippen molar-refractivity contribution in [1.29, 1.82) is 0 Å². The Kier molecular flexibility index (Phi) is 4.71. The molecule has 1 N–H and O–H groups in total. The molecule has 0 fully saturated rings. The van der Waals surface area contributed by atoms with E-state index in [-0.39, 0.29) is 0 Å². The minimum atomic E-state index is 0.319. The molecule has 0 aromatic carbocycles. The molecule has 0 aliphatic heterocycles. The van der Waals surface area contributed by atoms with Gasteiger partial charge in [-0.1, -0.05) is 22.8 Å². The minimum absolute atomic E-state index is 0.319. The quantitative estimate of drug-likeness (QED) is 0.402. The summed E-state index contributed by atoms with van der Waals surface area (Å²) in [5, 5.41) is 12.1. The number of hydrogen-bond acceptors (Lipinski definition) is 4. The van der Waals surface area contributed by atoms with Crippen molar-refractivity contribution in [2.45, 2.75) is 6.42 Å². The maximum Gasteiger partial charge on any atom is 0.166 e. The van der Waals surface area contributed by atoms with E-state index >= 15 is 0 Å². The Morgan fingerprint density at radius 3 is 2.80 bits per heavy atom. The van der Waals surface area contributed by atoms with E-state index in [1.165, 1.54) is 0 Å². The summed E-state index contributed by atoms with van der Waals surface area (Å²) in [6.07, 6.45) is 2.19. The van der Waals surface area contributed by atoms with E-state index in [4.69, 9.17) is 16.8 Å². The number of halogens is 2. The normalized spacial score (nSPS) is 13.0. The number of nitrogens with zero attached hydrogens (tertiary/aromatic N) is 3. The zero-order valence-corrected chi connectivity index (χ0v) is 10.3. The molecule has 80 valence electrons. The van der Waals surface area contributed by atoms with E-state index in [9.17, 15) is 0 Å². The SMILES string of the molecule is CN=C(Cc1ccc(Cl)nc1)C(Br)=NO. The number of oxime groups is 1. The lowest BCUT2D eigenvalue weighted by Gasteiger charge is -2.02. The summed E-state index contributed by atoms with van der Waals surface area (Å²) in [4.78, 5) is 7.94. The molecule has 0 unspecified atom stereocenters. The molecular formula is C9H9BrClN3O. The molecule has 6 heteroatoms. The van der Waals surface area contributed by atoms with Gasteiger partial charge in [-0.3, -0.25) is 4.99 Å². The van der Waals surface area contributed by atoms with Crippen LogP contribution >= 0.6 is 27.5 Å². The van der Waals surface area contributed by atoms with Crippen molar-refractivity contribution < 1.29 is 5.21 Å². The summed E-state index contributed by atoms with van der Waals surface area (Å²) in [5.74, 6) is 0. The van der Waals surface area contributed by atoms with Crippen LogP contribution in [0.15, 0.2) is 28.5 Å². The van der Waals surface area contributed by atoms with Crippen LogP contribution in [-0.4, -0.2) is 27.6 Å². The van der Waals surface area contributed by atoms with Gasteiger partial charge in [0, 0.05) is 19.7 Å². The molecule has 0 radical (unpaired) electrons. The Bertz CT molecular complexity index is 389. The van der Waals surface area contributed by atoms with Crippen LogP contribution in [0, 0.1) is 0 Å². The third kappa shape index (κ3) is 3.60. The Balaban J connectivity index is 2.81. The highest BCUT2D eigenvalue weighted by Gasteiger charge is 2.07. The highest BCUT2D eigenvalue weighted by molar-refractivity contribution is 9.19. The largest absolute Gasteiger partial charge is 0.410 e. The summed E-state index contributed by atoms with van der Waals surface area (Å²) in [7, 11) is 1.63. The molecule has 1 heterocycles. The average Bonchev–Trinajstić information content (AvgIpc) is 2.27. The van der Waals surface area contributed by atoms with Crippen molar-refractivity contribution >= 4 is 37.9 Å². The van der Waals surface area contributed by atoms with Crippen molar-refractivity contribution in [2.24, 2.45) is 10.1 Å². The van der Waals surface area contributed by atoms with Gasteiger partial charge in [0.2, 0.25) is 0 Å². The Morgan fingerprint density at radius 2 is 2.33 bits per heavy atom. The molecule has 0 amide bonds. The van der Waals surface area contributed by atoms with E-state index in [2.05, 4.69) is 31.1 Å². The van der Waals surface area contributed by atoms with Gasteiger partial charge in [0.25, 0.3) is 0 Å². The second kappa shape index (κ2) is 5.82. The van der Waals surface area contributed by atoms with Gasteiger partial charge in [-0.05, 0) is 27.6 Å². The van der Waals surface area contributed by atoms with E-state index in [1.807, 2.05) is 6.07 Å². The number of hydrogen-bond donors (Lipinski definition) is 1. The molecule has 0 aliphatic rings. The van der Waals surface area contributed by atoms with Gasteiger partial charge in [-0.15, -0.1) is 0 Å². The van der Waals surface area contributed by atoms with Crippen LogP contribution in [0.25, 0.3) is 0 Å². The zero-order chi connectivity index (χ0) is 11.3. The van der Waals surface area contributed by atoms with E-state index < -0.39 is 0 Å². The highest BCUT2D eigenvalue weighted by Crippen LogP contribution is 2.08. The molecule has 1 aromatic rings. The van der Waals surface area contributed by atoms with Gasteiger partial charge in [0.15, 0.2) is 4.62 Å². The van der Waals surface area contributed by atoms with Gasteiger partial charge in [-0.2, -0.15) is 0 Å². The monoisotopic (exact) mass is 289 g/mol. The summed E-state index contributed by atoms with van der Waals surface area (Å²) < 4.78 is 0.319. The van der Waals surface area contributed by atoms with Gasteiger partial charge in [0.1, 0.15) is 5.15 Å². The van der Waals surface area contributed by atoms with Crippen molar-refractivity contribution in [1.82, 2.24) is 4.98 Å². The molecule has 15 heavy (non-hydrogen) atoms. The van der Waals surface area contributed by atoms with Crippen LogP contribution < -0.4 is 0 Å². The Morgan fingerprint density at radius 1 is 1.60 bits per heavy atom. The predicted octanol–water partition coefficient (Wildman–Crippen LogP) is 2.53. The van der Waals surface area contributed by atoms with Crippen molar-refractivity contribution in [3.05, 3.63) is 29.0 Å². The molecule has 4 nitrogen and oxygen atoms in total. The standard InChI is InChI=1S/C9H9BrClN3O/c1-12-7(9(10)14-15)4-6-2-3-8(11)13-5-6/h2-3,5,15H,4H2,1H3. The van der Waals surface area contributed by atoms with Crippen LogP contribution in [0.2, 0.25) is 5.15 Å². The molecule has 0 saturated heterocycles. The maximum absolute atomic E-state index is 8.58. The number of pyridine rings is 1. The van der Waals surface area contributed by atoms with Crippen LogP contribution in [0.1, 0.15) is 5.56 Å². The van der Waals surface area contributed by atoms with Gasteiger partial charge in [-0.25, -0.2) is 4.98 Å². The summed E-state index contributed by atoms with van der Waals surface area (Å²) in [6, 6.07) is 3.55. The van der Waals surface area contributed by atoms with Crippen molar-refractivity contribution in [3.8, 4) is 0 Å². The van der Waals surface area contributed by atoms with Gasteiger partial charge >= 0.3 is 0 Å². The molecule has 1 aromatic heterocycles. The predicted molar refractivity (Wildman–Crippen MR) is 64.5 cm³/mol. The first-order chi connectivity index (χ1) is 7.17. The third-order valence-electron chi connectivity index (χ3n) is 1.76. The van der Waals surface area contributed by atoms with Crippen molar-refractivity contribution in [3.63, 3.8) is 0 Å². The number of aliphatic imine (C=N–C) groups is 1. The summed E-state index contributed by atoms with van der Waals surface area (Å²) >= 11 is 8.76. The first-order valence-electron chi connectivity index (χ1n) is 4.11. The number of aromatic nitrogens is 1. The molecule has 0 spiro atoms. The minimum Gasteiger partial charge on any atom is -0.410 e.